The van der Waals surface area contributed by atoms with Gasteiger partial charge in [-0.25, -0.2) is 0 Å². The van der Waals surface area contributed by atoms with Gasteiger partial charge >= 0.3 is 0 Å². The Labute approximate surface area is 59.9 Å². The summed E-state index contributed by atoms with van der Waals surface area (Å²) in [6.07, 6.45) is 1.07. The zero-order chi connectivity index (χ0) is 6.85. The van der Waals surface area contributed by atoms with E-state index in [9.17, 15) is 0 Å². The van der Waals surface area contributed by atoms with Crippen LogP contribution in [0, 0.1) is 13.8 Å². The van der Waals surface area contributed by atoms with Crippen molar-refractivity contribution in [2.24, 2.45) is 0 Å². The molecular weight excluding hydrogens is 130 g/mol. The Kier molecular flexibility index (Phi) is 1.86. The lowest BCUT2D eigenvalue weighted by molar-refractivity contribution is 1.06. The Morgan fingerprint density at radius 1 is 1.44 bits per heavy atom. The second-order valence-corrected chi connectivity index (χ2v) is 3.14. The zero-order valence-electron chi connectivity index (χ0n) is 6.06. The van der Waals surface area contributed by atoms with Gasteiger partial charge in [0.2, 0.25) is 0 Å². The fourth-order valence-corrected chi connectivity index (χ4v) is 1.56. The predicted octanol–water partition coefficient (Wildman–Crippen LogP) is 2.32. The van der Waals surface area contributed by atoms with Crippen molar-refractivity contribution in [1.82, 2.24) is 4.37 Å². The first-order valence-corrected chi connectivity index (χ1v) is 3.94. The molecule has 0 aliphatic heterocycles. The average Bonchev–Trinajstić information content (AvgIpc) is 2.15. The fourth-order valence-electron chi connectivity index (χ4n) is 0.793. The molecule has 1 aromatic rings. The van der Waals surface area contributed by atoms with Crippen molar-refractivity contribution in [2.75, 3.05) is 0 Å². The van der Waals surface area contributed by atoms with Gasteiger partial charge in [-0.15, -0.1) is 0 Å². The van der Waals surface area contributed by atoms with E-state index in [0.717, 1.165) is 6.42 Å². The highest BCUT2D eigenvalue weighted by Gasteiger charge is 2.01. The number of hydrogen-bond acceptors (Lipinski definition) is 2. The van der Waals surface area contributed by atoms with Crippen LogP contribution in [0.2, 0.25) is 0 Å². The van der Waals surface area contributed by atoms with Gasteiger partial charge in [-0.05, 0) is 37.4 Å². The normalized spacial score (nSPS) is 10.1. The summed E-state index contributed by atoms with van der Waals surface area (Å²) in [6, 6.07) is 0. The van der Waals surface area contributed by atoms with E-state index in [1.54, 1.807) is 11.5 Å². The Morgan fingerprint density at radius 3 is 2.33 bits per heavy atom. The topological polar surface area (TPSA) is 12.9 Å². The van der Waals surface area contributed by atoms with E-state index in [2.05, 4.69) is 25.1 Å². The van der Waals surface area contributed by atoms with Gasteiger partial charge in [0.25, 0.3) is 0 Å². The monoisotopic (exact) mass is 141 g/mol. The number of aromatic nitrogens is 1. The molecule has 0 N–H and O–H groups in total. The van der Waals surface area contributed by atoms with Gasteiger partial charge in [-0.3, -0.25) is 0 Å². The third-order valence-corrected chi connectivity index (χ3v) is 2.48. The van der Waals surface area contributed by atoms with E-state index in [-0.39, 0.29) is 0 Å². The van der Waals surface area contributed by atoms with Crippen molar-refractivity contribution in [3.63, 3.8) is 0 Å². The smallest absolute Gasteiger partial charge is 0.0571 e. The molecule has 0 spiro atoms. The molecule has 1 aromatic heterocycles. The summed E-state index contributed by atoms with van der Waals surface area (Å²) < 4.78 is 4.28. The second-order valence-electron chi connectivity index (χ2n) is 2.16. The third-order valence-electron chi connectivity index (χ3n) is 1.59. The molecule has 1 heterocycles. The highest BCUT2D eigenvalue weighted by atomic mass is 32.1. The molecule has 1 rings (SSSR count). The predicted molar refractivity (Wildman–Crippen MR) is 41.0 cm³/mol. The molecule has 50 valence electrons. The Bertz CT molecular complexity index is 203. The van der Waals surface area contributed by atoms with Crippen molar-refractivity contribution in [3.8, 4) is 0 Å². The standard InChI is InChI=1S/C7H11NS/c1-4-7-5(2)6(3)9-8-7/h4H2,1-3H3. The number of hydrogen-bond donors (Lipinski definition) is 0. The van der Waals surface area contributed by atoms with Gasteiger partial charge in [0.1, 0.15) is 0 Å². The maximum Gasteiger partial charge on any atom is 0.0571 e. The van der Waals surface area contributed by atoms with Crippen LogP contribution in [0.4, 0.5) is 0 Å². The minimum Gasteiger partial charge on any atom is -0.197 e. The number of aryl methyl sites for hydroxylation is 2. The Hall–Kier alpha value is -0.370. The van der Waals surface area contributed by atoms with E-state index in [0.29, 0.717) is 0 Å². The summed E-state index contributed by atoms with van der Waals surface area (Å²) in [5, 5.41) is 0. The Balaban J connectivity index is 3.04. The van der Waals surface area contributed by atoms with Gasteiger partial charge < -0.3 is 0 Å². The largest absolute Gasteiger partial charge is 0.197 e. The molecule has 1 nitrogen and oxygen atoms in total. The summed E-state index contributed by atoms with van der Waals surface area (Å²) in [6.45, 7) is 6.39. The summed E-state index contributed by atoms with van der Waals surface area (Å²) in [5.74, 6) is 0. The first-order valence-electron chi connectivity index (χ1n) is 3.17. The molecule has 0 aliphatic carbocycles. The molecule has 0 aromatic carbocycles. The van der Waals surface area contributed by atoms with E-state index >= 15 is 0 Å². The highest BCUT2D eigenvalue weighted by molar-refractivity contribution is 7.05. The van der Waals surface area contributed by atoms with Crippen LogP contribution in [0.25, 0.3) is 0 Å². The van der Waals surface area contributed by atoms with Crippen LogP contribution >= 0.6 is 11.5 Å². The molecule has 0 saturated heterocycles. The van der Waals surface area contributed by atoms with E-state index in [1.807, 2.05) is 0 Å². The van der Waals surface area contributed by atoms with Gasteiger partial charge in [-0.2, -0.15) is 4.37 Å². The quantitative estimate of drug-likeness (QED) is 0.585. The fraction of sp³-hybridized carbons (Fsp3) is 0.571. The van der Waals surface area contributed by atoms with Gasteiger partial charge in [0, 0.05) is 4.88 Å². The van der Waals surface area contributed by atoms with Crippen LogP contribution in [-0.4, -0.2) is 4.37 Å². The molecule has 2 heteroatoms. The third kappa shape index (κ3) is 1.13. The summed E-state index contributed by atoms with van der Waals surface area (Å²) in [5.41, 5.74) is 2.64. The summed E-state index contributed by atoms with van der Waals surface area (Å²) >= 11 is 1.61. The first-order chi connectivity index (χ1) is 4.25. The van der Waals surface area contributed by atoms with Crippen molar-refractivity contribution >= 4 is 11.5 Å². The molecule has 0 aliphatic rings. The number of nitrogens with zero attached hydrogens (tertiary/aromatic N) is 1. The van der Waals surface area contributed by atoms with Gasteiger partial charge in [-0.1, -0.05) is 6.92 Å². The average molecular weight is 141 g/mol. The van der Waals surface area contributed by atoms with Gasteiger partial charge in [0.15, 0.2) is 0 Å². The molecule has 9 heavy (non-hydrogen) atoms. The van der Waals surface area contributed by atoms with Crippen LogP contribution in [0.15, 0.2) is 0 Å². The van der Waals surface area contributed by atoms with Crippen molar-refractivity contribution in [1.29, 1.82) is 0 Å². The van der Waals surface area contributed by atoms with Crippen molar-refractivity contribution in [2.45, 2.75) is 27.2 Å². The molecule has 0 bridgehead atoms. The molecular formula is C7H11NS. The lowest BCUT2D eigenvalue weighted by Crippen LogP contribution is -1.81. The van der Waals surface area contributed by atoms with Crippen molar-refractivity contribution in [3.05, 3.63) is 16.1 Å². The van der Waals surface area contributed by atoms with Crippen LogP contribution in [0.5, 0.6) is 0 Å². The molecule has 0 amide bonds. The maximum atomic E-state index is 4.28. The first kappa shape index (κ1) is 6.75. The lowest BCUT2D eigenvalue weighted by Gasteiger charge is -1.89. The van der Waals surface area contributed by atoms with Crippen LogP contribution in [0.3, 0.4) is 0 Å². The van der Waals surface area contributed by atoms with Gasteiger partial charge in [0.05, 0.1) is 5.69 Å². The van der Waals surface area contributed by atoms with Crippen molar-refractivity contribution < 1.29 is 0 Å². The van der Waals surface area contributed by atoms with Crippen LogP contribution in [-0.2, 0) is 6.42 Å². The minimum atomic E-state index is 1.07. The van der Waals surface area contributed by atoms with Crippen LogP contribution in [0.1, 0.15) is 23.1 Å². The maximum absolute atomic E-state index is 4.28. The second kappa shape index (κ2) is 2.48. The van der Waals surface area contributed by atoms with E-state index < -0.39 is 0 Å². The van der Waals surface area contributed by atoms with E-state index in [1.165, 1.54) is 16.1 Å². The SMILES string of the molecule is CCc1nsc(C)c1C. The van der Waals surface area contributed by atoms with Crippen LogP contribution < -0.4 is 0 Å². The molecule has 0 atom stereocenters. The molecule has 0 unspecified atom stereocenters. The highest BCUT2D eigenvalue weighted by Crippen LogP contribution is 2.15. The lowest BCUT2D eigenvalue weighted by atomic mass is 10.2. The summed E-state index contributed by atoms with van der Waals surface area (Å²) in [4.78, 5) is 1.35. The molecule has 0 radical (unpaired) electrons. The molecule has 0 fully saturated rings. The Morgan fingerprint density at radius 2 is 2.11 bits per heavy atom. The molecule has 0 saturated carbocycles. The summed E-state index contributed by atoms with van der Waals surface area (Å²) in [7, 11) is 0. The number of rotatable bonds is 1. The minimum absolute atomic E-state index is 1.07. The zero-order valence-corrected chi connectivity index (χ0v) is 6.88. The van der Waals surface area contributed by atoms with E-state index in [4.69, 9.17) is 0 Å².